The second kappa shape index (κ2) is 8.89. The van der Waals surface area contributed by atoms with E-state index in [-0.39, 0.29) is 0 Å². The van der Waals surface area contributed by atoms with E-state index < -0.39 is 0 Å². The van der Waals surface area contributed by atoms with Crippen molar-refractivity contribution < 1.29 is 9.47 Å². The molecule has 0 aliphatic carbocycles. The van der Waals surface area contributed by atoms with Gasteiger partial charge in [0, 0.05) is 18.4 Å². The van der Waals surface area contributed by atoms with Gasteiger partial charge in [0.2, 0.25) is 5.95 Å². The molecule has 0 unspecified atom stereocenters. The Bertz CT molecular complexity index is 899. The number of methoxy groups -OCH3 is 2. The van der Waals surface area contributed by atoms with Gasteiger partial charge in [0.1, 0.15) is 5.82 Å². The SMILES string of the molecule is COc1ccc(CCNc2nccc(Nc3ccccc3C)n2)cc1OC. The lowest BCUT2D eigenvalue weighted by atomic mass is 10.1. The maximum atomic E-state index is 5.35. The molecule has 0 aliphatic heterocycles. The summed E-state index contributed by atoms with van der Waals surface area (Å²) in [5.74, 6) is 2.81. The monoisotopic (exact) mass is 364 g/mol. The van der Waals surface area contributed by atoms with Crippen LogP contribution >= 0.6 is 0 Å². The Kier molecular flexibility index (Phi) is 6.10. The van der Waals surface area contributed by atoms with E-state index in [0.717, 1.165) is 35.0 Å². The Morgan fingerprint density at radius 2 is 1.78 bits per heavy atom. The molecule has 3 rings (SSSR count). The molecule has 0 bridgehead atoms. The molecule has 27 heavy (non-hydrogen) atoms. The number of aromatic nitrogens is 2. The molecule has 0 amide bonds. The van der Waals surface area contributed by atoms with E-state index in [9.17, 15) is 0 Å². The zero-order valence-corrected chi connectivity index (χ0v) is 15.8. The highest BCUT2D eigenvalue weighted by Gasteiger charge is 2.05. The fraction of sp³-hybridized carbons (Fsp3) is 0.238. The largest absolute Gasteiger partial charge is 0.493 e. The van der Waals surface area contributed by atoms with Crippen molar-refractivity contribution in [3.63, 3.8) is 0 Å². The lowest BCUT2D eigenvalue weighted by Crippen LogP contribution is -2.09. The number of ether oxygens (including phenoxy) is 2. The maximum absolute atomic E-state index is 5.35. The molecule has 1 aromatic heterocycles. The van der Waals surface area contributed by atoms with Crippen molar-refractivity contribution in [1.82, 2.24) is 9.97 Å². The van der Waals surface area contributed by atoms with Gasteiger partial charge in [-0.05, 0) is 48.7 Å². The van der Waals surface area contributed by atoms with E-state index in [2.05, 4.69) is 33.6 Å². The van der Waals surface area contributed by atoms with Gasteiger partial charge in [-0.15, -0.1) is 0 Å². The average Bonchev–Trinajstić information content (AvgIpc) is 2.70. The quantitative estimate of drug-likeness (QED) is 0.624. The third-order valence-corrected chi connectivity index (χ3v) is 4.21. The van der Waals surface area contributed by atoms with Crippen molar-refractivity contribution in [3.05, 3.63) is 65.9 Å². The summed E-state index contributed by atoms with van der Waals surface area (Å²) >= 11 is 0. The normalized spacial score (nSPS) is 10.3. The molecule has 0 aliphatic rings. The minimum absolute atomic E-state index is 0.592. The van der Waals surface area contributed by atoms with Crippen LogP contribution in [0.3, 0.4) is 0 Å². The molecule has 2 N–H and O–H groups in total. The van der Waals surface area contributed by atoms with Crippen LogP contribution in [-0.4, -0.2) is 30.7 Å². The van der Waals surface area contributed by atoms with E-state index in [0.29, 0.717) is 12.5 Å². The van der Waals surface area contributed by atoms with E-state index in [1.54, 1.807) is 20.4 Å². The van der Waals surface area contributed by atoms with Crippen LogP contribution in [0.15, 0.2) is 54.7 Å². The van der Waals surface area contributed by atoms with Gasteiger partial charge in [0.05, 0.1) is 14.2 Å². The van der Waals surface area contributed by atoms with Gasteiger partial charge < -0.3 is 20.1 Å². The Hall–Kier alpha value is -3.28. The van der Waals surface area contributed by atoms with Gasteiger partial charge in [-0.25, -0.2) is 4.98 Å². The number of anilines is 3. The van der Waals surface area contributed by atoms with Crippen LogP contribution in [0.2, 0.25) is 0 Å². The third kappa shape index (κ3) is 4.88. The standard InChI is InChI=1S/C21H24N4O2/c1-15-6-4-5-7-17(15)24-20-11-13-23-21(25-20)22-12-10-16-8-9-18(26-2)19(14-16)27-3/h4-9,11,13-14H,10,12H2,1-3H3,(H2,22,23,24,25). The number of hydrogen-bond donors (Lipinski definition) is 2. The predicted molar refractivity (Wildman–Crippen MR) is 108 cm³/mol. The smallest absolute Gasteiger partial charge is 0.224 e. The molecule has 6 heteroatoms. The summed E-state index contributed by atoms with van der Waals surface area (Å²) in [4.78, 5) is 8.81. The zero-order chi connectivity index (χ0) is 19.1. The van der Waals surface area contributed by atoms with Gasteiger partial charge >= 0.3 is 0 Å². The van der Waals surface area contributed by atoms with Crippen LogP contribution in [-0.2, 0) is 6.42 Å². The topological polar surface area (TPSA) is 68.3 Å². The number of nitrogens with zero attached hydrogens (tertiary/aromatic N) is 2. The molecular weight excluding hydrogens is 340 g/mol. The van der Waals surface area contributed by atoms with Gasteiger partial charge in [0.25, 0.3) is 0 Å². The average molecular weight is 364 g/mol. The molecule has 0 fully saturated rings. The van der Waals surface area contributed by atoms with Gasteiger partial charge in [-0.2, -0.15) is 4.98 Å². The van der Waals surface area contributed by atoms with Crippen molar-refractivity contribution in [2.45, 2.75) is 13.3 Å². The summed E-state index contributed by atoms with van der Waals surface area (Å²) in [5, 5.41) is 6.59. The highest BCUT2D eigenvalue weighted by Crippen LogP contribution is 2.27. The summed E-state index contributed by atoms with van der Waals surface area (Å²) < 4.78 is 10.6. The summed E-state index contributed by atoms with van der Waals surface area (Å²) in [7, 11) is 3.27. The first-order valence-corrected chi connectivity index (χ1v) is 8.80. The van der Waals surface area contributed by atoms with E-state index in [4.69, 9.17) is 9.47 Å². The van der Waals surface area contributed by atoms with Gasteiger partial charge in [0.15, 0.2) is 11.5 Å². The molecule has 6 nitrogen and oxygen atoms in total. The summed E-state index contributed by atoms with van der Waals surface area (Å²) in [6.45, 7) is 2.77. The molecule has 2 aromatic carbocycles. The summed E-state index contributed by atoms with van der Waals surface area (Å²) in [6, 6.07) is 15.9. The molecule has 3 aromatic rings. The molecule has 0 radical (unpaired) electrons. The minimum Gasteiger partial charge on any atom is -0.493 e. The van der Waals surface area contributed by atoms with E-state index in [1.807, 2.05) is 42.5 Å². The number of nitrogens with one attached hydrogen (secondary N) is 2. The molecular formula is C21H24N4O2. The van der Waals surface area contributed by atoms with Crippen LogP contribution in [0.4, 0.5) is 17.5 Å². The van der Waals surface area contributed by atoms with E-state index in [1.165, 1.54) is 5.56 Å². The highest BCUT2D eigenvalue weighted by molar-refractivity contribution is 5.60. The summed E-state index contributed by atoms with van der Waals surface area (Å²) in [5.41, 5.74) is 3.35. The van der Waals surface area contributed by atoms with Crippen molar-refractivity contribution in [3.8, 4) is 11.5 Å². The highest BCUT2D eigenvalue weighted by atomic mass is 16.5. The Morgan fingerprint density at radius 3 is 2.56 bits per heavy atom. The van der Waals surface area contributed by atoms with Crippen LogP contribution in [0.5, 0.6) is 11.5 Å². The molecule has 0 saturated heterocycles. The fourth-order valence-corrected chi connectivity index (χ4v) is 2.72. The molecule has 1 heterocycles. The first kappa shape index (κ1) is 18.5. The van der Waals surface area contributed by atoms with Crippen LogP contribution in [0.1, 0.15) is 11.1 Å². The van der Waals surface area contributed by atoms with Crippen molar-refractivity contribution in [1.29, 1.82) is 0 Å². The number of rotatable bonds is 8. The second-order valence-electron chi connectivity index (χ2n) is 6.07. The van der Waals surface area contributed by atoms with E-state index >= 15 is 0 Å². The fourth-order valence-electron chi connectivity index (χ4n) is 2.72. The predicted octanol–water partition coefficient (Wildman–Crippen LogP) is 4.20. The Morgan fingerprint density at radius 1 is 0.963 bits per heavy atom. The molecule has 0 spiro atoms. The number of hydrogen-bond acceptors (Lipinski definition) is 6. The van der Waals surface area contributed by atoms with Gasteiger partial charge in [-0.3, -0.25) is 0 Å². The van der Waals surface area contributed by atoms with Crippen LogP contribution in [0, 0.1) is 6.92 Å². The van der Waals surface area contributed by atoms with Gasteiger partial charge in [-0.1, -0.05) is 24.3 Å². The second-order valence-corrected chi connectivity index (χ2v) is 6.07. The van der Waals surface area contributed by atoms with Crippen LogP contribution in [0.25, 0.3) is 0 Å². The zero-order valence-electron chi connectivity index (χ0n) is 15.8. The lowest BCUT2D eigenvalue weighted by molar-refractivity contribution is 0.354. The minimum atomic E-state index is 0.592. The summed E-state index contributed by atoms with van der Waals surface area (Å²) in [6.07, 6.45) is 2.56. The first-order valence-electron chi connectivity index (χ1n) is 8.80. The number of aryl methyl sites for hydroxylation is 1. The Balaban J connectivity index is 1.60. The molecule has 140 valence electrons. The van der Waals surface area contributed by atoms with Crippen LogP contribution < -0.4 is 20.1 Å². The maximum Gasteiger partial charge on any atom is 0.224 e. The first-order chi connectivity index (χ1) is 13.2. The number of benzene rings is 2. The number of para-hydroxylation sites is 1. The van der Waals surface area contributed by atoms with Crippen molar-refractivity contribution in [2.75, 3.05) is 31.4 Å². The molecule has 0 atom stereocenters. The third-order valence-electron chi connectivity index (χ3n) is 4.21. The Labute approximate surface area is 159 Å². The lowest BCUT2D eigenvalue weighted by Gasteiger charge is -2.11. The van der Waals surface area contributed by atoms with Crippen molar-refractivity contribution >= 4 is 17.5 Å². The molecule has 0 saturated carbocycles. The van der Waals surface area contributed by atoms with Crippen molar-refractivity contribution in [2.24, 2.45) is 0 Å².